The first-order valence-electron chi connectivity index (χ1n) is 6.96. The van der Waals surface area contributed by atoms with Crippen LogP contribution in [0.4, 0.5) is 0 Å². The van der Waals surface area contributed by atoms with E-state index in [1.807, 2.05) is 0 Å². The number of rotatable bonds is 7. The average molecular weight is 245 g/mol. The third-order valence-electron chi connectivity index (χ3n) is 3.25. The summed E-state index contributed by atoms with van der Waals surface area (Å²) in [4.78, 5) is 0. The Labute approximate surface area is 112 Å². The van der Waals surface area contributed by atoms with Gasteiger partial charge in [-0.05, 0) is 57.7 Å². The fourth-order valence-corrected chi connectivity index (χ4v) is 2.27. The van der Waals surface area contributed by atoms with Gasteiger partial charge in [-0.2, -0.15) is 0 Å². The lowest BCUT2D eigenvalue weighted by molar-refractivity contribution is 0.503. The van der Waals surface area contributed by atoms with Crippen LogP contribution in [0.15, 0.2) is 30.4 Å². The van der Waals surface area contributed by atoms with Crippen LogP contribution in [0.3, 0.4) is 0 Å². The Morgan fingerprint density at radius 3 is 2.67 bits per heavy atom. The first-order chi connectivity index (χ1) is 8.52. The minimum atomic E-state index is 0.517. The molecule has 1 atom stereocenters. The second kappa shape index (κ2) is 7.38. The highest BCUT2D eigenvalue weighted by Gasteiger charge is 2.10. The van der Waals surface area contributed by atoms with Crippen LogP contribution in [0.1, 0.15) is 43.4 Å². The molecule has 0 saturated carbocycles. The van der Waals surface area contributed by atoms with Crippen LogP contribution in [0.5, 0.6) is 0 Å². The van der Waals surface area contributed by atoms with Gasteiger partial charge >= 0.3 is 0 Å². The van der Waals surface area contributed by atoms with Crippen molar-refractivity contribution in [2.45, 2.75) is 53.0 Å². The molecule has 100 valence electrons. The molecule has 0 aliphatic heterocycles. The van der Waals surface area contributed by atoms with Crippen molar-refractivity contribution in [3.63, 3.8) is 0 Å². The van der Waals surface area contributed by atoms with E-state index in [9.17, 15) is 0 Å². The number of hydrogen-bond donors (Lipinski definition) is 1. The van der Waals surface area contributed by atoms with Gasteiger partial charge in [-0.25, -0.2) is 0 Å². The Kier molecular flexibility index (Phi) is 6.14. The molecule has 0 saturated heterocycles. The zero-order chi connectivity index (χ0) is 13.5. The van der Waals surface area contributed by atoms with E-state index in [-0.39, 0.29) is 0 Å². The predicted octanol–water partition coefficient (Wildman–Crippen LogP) is 4.18. The highest BCUT2D eigenvalue weighted by atomic mass is 14.9. The van der Waals surface area contributed by atoms with Crippen molar-refractivity contribution in [1.82, 2.24) is 5.32 Å². The van der Waals surface area contributed by atoms with E-state index in [1.54, 1.807) is 0 Å². The van der Waals surface area contributed by atoms with E-state index in [1.165, 1.54) is 28.7 Å². The Hall–Kier alpha value is -1.08. The Bertz CT molecular complexity index is 393. The molecule has 0 heterocycles. The largest absolute Gasteiger partial charge is 0.313 e. The van der Waals surface area contributed by atoms with Crippen LogP contribution in [-0.4, -0.2) is 12.6 Å². The summed E-state index contributed by atoms with van der Waals surface area (Å²) in [6.07, 6.45) is 3.34. The van der Waals surface area contributed by atoms with Gasteiger partial charge in [-0.15, -0.1) is 6.58 Å². The molecule has 0 spiro atoms. The van der Waals surface area contributed by atoms with Gasteiger partial charge < -0.3 is 5.32 Å². The highest BCUT2D eigenvalue weighted by Crippen LogP contribution is 2.15. The molecule has 0 aliphatic carbocycles. The van der Waals surface area contributed by atoms with Crippen molar-refractivity contribution in [1.29, 1.82) is 0 Å². The van der Waals surface area contributed by atoms with Crippen LogP contribution in [0, 0.1) is 13.8 Å². The molecule has 1 nitrogen and oxygen atoms in total. The minimum absolute atomic E-state index is 0.517. The summed E-state index contributed by atoms with van der Waals surface area (Å²) in [6.45, 7) is 13.8. The predicted molar refractivity (Wildman–Crippen MR) is 81.1 cm³/mol. The maximum absolute atomic E-state index is 4.04. The average Bonchev–Trinajstić information content (AvgIpc) is 2.30. The van der Waals surface area contributed by atoms with Gasteiger partial charge in [-0.1, -0.05) is 36.3 Å². The molecular weight excluding hydrogens is 218 g/mol. The lowest BCUT2D eigenvalue weighted by atomic mass is 9.95. The van der Waals surface area contributed by atoms with Crippen molar-refractivity contribution >= 4 is 0 Å². The molecule has 1 rings (SSSR count). The maximum atomic E-state index is 4.04. The van der Waals surface area contributed by atoms with Crippen molar-refractivity contribution in [2.24, 2.45) is 0 Å². The zero-order valence-electron chi connectivity index (χ0n) is 12.3. The molecule has 0 aliphatic rings. The first kappa shape index (κ1) is 15.0. The van der Waals surface area contributed by atoms with E-state index in [0.717, 1.165) is 19.4 Å². The van der Waals surface area contributed by atoms with Crippen LogP contribution in [0.2, 0.25) is 0 Å². The van der Waals surface area contributed by atoms with Crippen LogP contribution >= 0.6 is 0 Å². The quantitative estimate of drug-likeness (QED) is 0.711. The van der Waals surface area contributed by atoms with E-state index in [0.29, 0.717) is 6.04 Å². The van der Waals surface area contributed by atoms with E-state index in [4.69, 9.17) is 0 Å². The Morgan fingerprint density at radius 1 is 1.33 bits per heavy atom. The molecule has 0 aromatic heterocycles. The summed E-state index contributed by atoms with van der Waals surface area (Å²) in [6, 6.07) is 7.24. The molecule has 0 amide bonds. The first-order valence-corrected chi connectivity index (χ1v) is 6.96. The lowest BCUT2D eigenvalue weighted by Crippen LogP contribution is -2.32. The molecule has 1 heteroatoms. The van der Waals surface area contributed by atoms with Crippen molar-refractivity contribution in [3.05, 3.63) is 47.0 Å². The number of hydrogen-bond acceptors (Lipinski definition) is 1. The van der Waals surface area contributed by atoms with Gasteiger partial charge in [0.25, 0.3) is 0 Å². The van der Waals surface area contributed by atoms with E-state index >= 15 is 0 Å². The summed E-state index contributed by atoms with van der Waals surface area (Å²) in [5.74, 6) is 0. The number of nitrogens with one attached hydrogen (secondary N) is 1. The monoisotopic (exact) mass is 245 g/mol. The molecule has 0 fully saturated rings. The minimum Gasteiger partial charge on any atom is -0.313 e. The van der Waals surface area contributed by atoms with Crippen molar-refractivity contribution in [2.75, 3.05) is 6.54 Å². The second-order valence-electron chi connectivity index (χ2n) is 5.45. The van der Waals surface area contributed by atoms with Gasteiger partial charge in [0.1, 0.15) is 0 Å². The van der Waals surface area contributed by atoms with Gasteiger partial charge in [0.15, 0.2) is 0 Å². The van der Waals surface area contributed by atoms with Gasteiger partial charge in [-0.3, -0.25) is 0 Å². The summed E-state index contributed by atoms with van der Waals surface area (Å²) in [5.41, 5.74) is 5.46. The second-order valence-corrected chi connectivity index (χ2v) is 5.45. The third-order valence-corrected chi connectivity index (χ3v) is 3.25. The molecule has 1 N–H and O–H groups in total. The summed E-state index contributed by atoms with van der Waals surface area (Å²) in [7, 11) is 0. The van der Waals surface area contributed by atoms with E-state index in [2.05, 4.69) is 57.8 Å². The van der Waals surface area contributed by atoms with Gasteiger partial charge in [0, 0.05) is 6.04 Å². The van der Waals surface area contributed by atoms with E-state index < -0.39 is 0 Å². The van der Waals surface area contributed by atoms with Crippen LogP contribution in [-0.2, 0) is 6.42 Å². The zero-order valence-corrected chi connectivity index (χ0v) is 12.3. The van der Waals surface area contributed by atoms with Crippen LogP contribution in [0.25, 0.3) is 0 Å². The molecule has 1 aromatic rings. The Balaban J connectivity index is 2.74. The highest BCUT2D eigenvalue weighted by molar-refractivity contribution is 5.31. The number of benzene rings is 1. The third kappa shape index (κ3) is 5.05. The smallest absolute Gasteiger partial charge is 0.0144 e. The topological polar surface area (TPSA) is 12.0 Å². The van der Waals surface area contributed by atoms with Gasteiger partial charge in [0.05, 0.1) is 0 Å². The molecule has 1 unspecified atom stereocenters. The fourth-order valence-electron chi connectivity index (χ4n) is 2.27. The maximum Gasteiger partial charge on any atom is 0.0144 e. The molecule has 0 bridgehead atoms. The summed E-state index contributed by atoms with van der Waals surface area (Å²) in [5, 5.41) is 3.64. The van der Waals surface area contributed by atoms with Crippen molar-refractivity contribution in [3.8, 4) is 0 Å². The normalized spacial score (nSPS) is 12.4. The van der Waals surface area contributed by atoms with Crippen LogP contribution < -0.4 is 5.32 Å². The number of aryl methyl sites for hydroxylation is 2. The molecule has 1 aromatic carbocycles. The summed E-state index contributed by atoms with van der Waals surface area (Å²) < 4.78 is 0. The van der Waals surface area contributed by atoms with Crippen molar-refractivity contribution < 1.29 is 0 Å². The molecule has 0 radical (unpaired) electrons. The lowest BCUT2D eigenvalue weighted by Gasteiger charge is -2.20. The fraction of sp³-hybridized carbons (Fsp3) is 0.529. The Morgan fingerprint density at radius 2 is 2.06 bits per heavy atom. The molecule has 18 heavy (non-hydrogen) atoms. The molecular formula is C17H27N. The SMILES string of the molecule is C=C(C)CC(Cc1cc(C)ccc1C)NCCC. The van der Waals surface area contributed by atoms with Gasteiger partial charge in [0.2, 0.25) is 0 Å². The summed E-state index contributed by atoms with van der Waals surface area (Å²) >= 11 is 0. The standard InChI is InChI=1S/C17H27N/c1-6-9-18-17(10-13(2)3)12-16-11-14(4)7-8-15(16)5/h7-8,11,17-18H,2,6,9-10,12H2,1,3-5H3.